The fraction of sp³-hybridized carbons (Fsp3) is 0.100. The molecule has 0 saturated heterocycles. The average Bonchev–Trinajstić information content (AvgIpc) is 2.66. The van der Waals surface area contributed by atoms with Crippen LogP contribution in [-0.2, 0) is 0 Å². The number of carbonyl (C=O) groups is 1. The van der Waals surface area contributed by atoms with Crippen molar-refractivity contribution in [1.82, 2.24) is 15.0 Å². The van der Waals surface area contributed by atoms with Crippen LogP contribution in [0.1, 0.15) is 33.1 Å². The summed E-state index contributed by atoms with van der Waals surface area (Å²) in [6.07, 6.45) is 4.60. The van der Waals surface area contributed by atoms with Gasteiger partial charge in [0.15, 0.2) is 5.82 Å². The molecule has 1 N–H and O–H groups in total. The van der Waals surface area contributed by atoms with Crippen molar-refractivity contribution in [3.8, 4) is 11.5 Å². The largest absolute Gasteiger partial charge is 0.507 e. The van der Waals surface area contributed by atoms with Crippen LogP contribution in [0.5, 0.6) is 11.5 Å². The third-order valence-electron chi connectivity index (χ3n) is 3.74. The molecule has 0 aliphatic rings. The van der Waals surface area contributed by atoms with E-state index < -0.39 is 11.8 Å². The van der Waals surface area contributed by atoms with Crippen molar-refractivity contribution >= 4 is 18.1 Å². The molecular weight excluding hydrogens is 349 g/mol. The molecule has 6 nitrogen and oxygen atoms in total. The Morgan fingerprint density at radius 2 is 1.74 bits per heavy atom. The lowest BCUT2D eigenvalue weighted by Gasteiger charge is -2.05. The summed E-state index contributed by atoms with van der Waals surface area (Å²) in [5.74, 6) is -0.629. The van der Waals surface area contributed by atoms with E-state index in [2.05, 4.69) is 15.0 Å². The molecule has 1 aromatic heterocycles. The van der Waals surface area contributed by atoms with Gasteiger partial charge in [-0.1, -0.05) is 6.08 Å². The summed E-state index contributed by atoms with van der Waals surface area (Å²) in [7, 11) is 0. The van der Waals surface area contributed by atoms with Gasteiger partial charge in [-0.15, -0.1) is 0 Å². The van der Waals surface area contributed by atoms with Crippen molar-refractivity contribution in [2.75, 3.05) is 0 Å². The number of rotatable bonds is 4. The van der Waals surface area contributed by atoms with E-state index in [4.69, 9.17) is 4.74 Å². The molecule has 0 fully saturated rings. The van der Waals surface area contributed by atoms with Crippen molar-refractivity contribution in [2.24, 2.45) is 0 Å². The highest BCUT2D eigenvalue weighted by atomic mass is 19.1. The molecule has 0 atom stereocenters. The van der Waals surface area contributed by atoms with E-state index in [1.807, 2.05) is 26.0 Å². The van der Waals surface area contributed by atoms with Gasteiger partial charge in [0.25, 0.3) is 0 Å². The second kappa shape index (κ2) is 7.74. The van der Waals surface area contributed by atoms with Gasteiger partial charge in [-0.25, -0.2) is 24.1 Å². The minimum absolute atomic E-state index is 0.160. The van der Waals surface area contributed by atoms with Gasteiger partial charge in [0.1, 0.15) is 23.6 Å². The van der Waals surface area contributed by atoms with Crippen LogP contribution in [0.2, 0.25) is 0 Å². The normalized spacial score (nSPS) is 10.9. The third kappa shape index (κ3) is 4.52. The van der Waals surface area contributed by atoms with E-state index in [-0.39, 0.29) is 23.1 Å². The van der Waals surface area contributed by atoms with Gasteiger partial charge in [0.05, 0.1) is 0 Å². The highest BCUT2D eigenvalue weighted by Gasteiger charge is 2.13. The molecule has 3 aromatic rings. The SMILES string of the molecule is Cc1cc(C=Cc2ncnc(C(=O)Oc3ccc(F)cc3)n2)cc(C)c1O. The van der Waals surface area contributed by atoms with Crippen LogP contribution >= 0.6 is 0 Å². The van der Waals surface area contributed by atoms with Gasteiger partial charge in [-0.3, -0.25) is 0 Å². The molecule has 3 rings (SSSR count). The molecule has 7 heteroatoms. The number of halogens is 1. The maximum absolute atomic E-state index is 12.9. The number of hydrogen-bond acceptors (Lipinski definition) is 6. The predicted molar refractivity (Wildman–Crippen MR) is 97.7 cm³/mol. The second-order valence-electron chi connectivity index (χ2n) is 5.85. The lowest BCUT2D eigenvalue weighted by Crippen LogP contribution is -2.14. The van der Waals surface area contributed by atoms with E-state index in [1.165, 1.54) is 30.6 Å². The van der Waals surface area contributed by atoms with Crippen LogP contribution in [0, 0.1) is 19.7 Å². The summed E-state index contributed by atoms with van der Waals surface area (Å²) >= 11 is 0. The number of aromatic hydroxyl groups is 1. The van der Waals surface area contributed by atoms with E-state index in [0.717, 1.165) is 16.7 Å². The molecule has 0 aliphatic carbocycles. The lowest BCUT2D eigenvalue weighted by molar-refractivity contribution is 0.0721. The van der Waals surface area contributed by atoms with Gasteiger partial charge in [0, 0.05) is 0 Å². The van der Waals surface area contributed by atoms with Gasteiger partial charge < -0.3 is 9.84 Å². The van der Waals surface area contributed by atoms with Crippen LogP contribution in [0.15, 0.2) is 42.7 Å². The Kier molecular flexibility index (Phi) is 5.21. The maximum Gasteiger partial charge on any atom is 0.381 e. The molecule has 0 spiro atoms. The van der Waals surface area contributed by atoms with Crippen LogP contribution in [0.25, 0.3) is 12.2 Å². The van der Waals surface area contributed by atoms with E-state index in [9.17, 15) is 14.3 Å². The minimum atomic E-state index is -0.769. The number of phenols is 1. The van der Waals surface area contributed by atoms with E-state index in [0.29, 0.717) is 0 Å². The molecule has 136 valence electrons. The predicted octanol–water partition coefficient (Wildman–Crippen LogP) is 3.72. The summed E-state index contributed by atoms with van der Waals surface area (Å²) in [6.45, 7) is 3.62. The third-order valence-corrected chi connectivity index (χ3v) is 3.74. The van der Waals surface area contributed by atoms with Crippen LogP contribution in [0.4, 0.5) is 4.39 Å². The molecule has 0 unspecified atom stereocenters. The summed E-state index contributed by atoms with van der Waals surface area (Å²) in [5.41, 5.74) is 2.38. The highest BCUT2D eigenvalue weighted by Crippen LogP contribution is 2.23. The molecular formula is C20H16FN3O3. The fourth-order valence-corrected chi connectivity index (χ4v) is 2.40. The Morgan fingerprint density at radius 1 is 1.07 bits per heavy atom. The lowest BCUT2D eigenvalue weighted by atomic mass is 10.1. The molecule has 27 heavy (non-hydrogen) atoms. The van der Waals surface area contributed by atoms with Gasteiger partial charge in [-0.05, 0) is 73.0 Å². The first-order chi connectivity index (χ1) is 12.9. The van der Waals surface area contributed by atoms with Crippen LogP contribution in [-0.4, -0.2) is 26.0 Å². The molecule has 2 aromatic carbocycles. The van der Waals surface area contributed by atoms with E-state index in [1.54, 1.807) is 12.2 Å². The van der Waals surface area contributed by atoms with Crippen LogP contribution < -0.4 is 4.74 Å². The number of aromatic nitrogens is 3. The summed E-state index contributed by atoms with van der Waals surface area (Å²) < 4.78 is 18.0. The van der Waals surface area contributed by atoms with Crippen molar-refractivity contribution in [3.05, 3.63) is 76.9 Å². The molecule has 1 heterocycles. The number of ether oxygens (including phenoxy) is 1. The van der Waals surface area contributed by atoms with Gasteiger partial charge in [-0.2, -0.15) is 0 Å². The first-order valence-electron chi connectivity index (χ1n) is 8.07. The van der Waals surface area contributed by atoms with Gasteiger partial charge in [0.2, 0.25) is 5.82 Å². The van der Waals surface area contributed by atoms with Crippen molar-refractivity contribution in [2.45, 2.75) is 13.8 Å². The molecule has 0 bridgehead atoms. The number of esters is 1. The Bertz CT molecular complexity index is 994. The monoisotopic (exact) mass is 365 g/mol. The van der Waals surface area contributed by atoms with Crippen molar-refractivity contribution in [3.63, 3.8) is 0 Å². The average molecular weight is 365 g/mol. The summed E-state index contributed by atoms with van der Waals surface area (Å²) in [4.78, 5) is 24.0. The Hall–Kier alpha value is -3.61. The number of phenolic OH excluding ortho intramolecular Hbond substituents is 1. The summed E-state index contributed by atoms with van der Waals surface area (Å²) in [5, 5.41) is 9.82. The topological polar surface area (TPSA) is 85.2 Å². The van der Waals surface area contributed by atoms with Gasteiger partial charge >= 0.3 is 5.97 Å². The van der Waals surface area contributed by atoms with E-state index >= 15 is 0 Å². The van der Waals surface area contributed by atoms with Crippen molar-refractivity contribution in [1.29, 1.82) is 0 Å². The zero-order valence-electron chi connectivity index (χ0n) is 14.7. The first kappa shape index (κ1) is 18.2. The zero-order chi connectivity index (χ0) is 19.4. The smallest absolute Gasteiger partial charge is 0.381 e. The Morgan fingerprint density at radius 3 is 2.41 bits per heavy atom. The Balaban J connectivity index is 1.77. The highest BCUT2D eigenvalue weighted by molar-refractivity contribution is 5.87. The number of hydrogen-bond donors (Lipinski definition) is 1. The molecule has 0 radical (unpaired) electrons. The standard InChI is InChI=1S/C20H16FN3O3/c1-12-9-14(10-13(2)18(12)25)3-8-17-22-11-23-19(24-17)20(26)27-16-6-4-15(21)5-7-16/h3-11,25H,1-2H3. The number of nitrogens with zero attached hydrogens (tertiary/aromatic N) is 3. The number of benzene rings is 2. The molecule has 0 aliphatic heterocycles. The second-order valence-corrected chi connectivity index (χ2v) is 5.85. The quantitative estimate of drug-likeness (QED) is 0.560. The molecule has 0 amide bonds. The minimum Gasteiger partial charge on any atom is -0.507 e. The molecule has 0 saturated carbocycles. The summed E-state index contributed by atoms with van der Waals surface area (Å²) in [6, 6.07) is 8.69. The Labute approximate surface area is 155 Å². The maximum atomic E-state index is 12.9. The zero-order valence-corrected chi connectivity index (χ0v) is 14.7. The number of carbonyl (C=O) groups excluding carboxylic acids is 1. The van der Waals surface area contributed by atoms with Crippen LogP contribution in [0.3, 0.4) is 0 Å². The van der Waals surface area contributed by atoms with Crippen molar-refractivity contribution < 1.29 is 19.0 Å². The first-order valence-corrected chi connectivity index (χ1v) is 8.07. The number of aryl methyl sites for hydroxylation is 2. The fourth-order valence-electron chi connectivity index (χ4n) is 2.40.